The summed E-state index contributed by atoms with van der Waals surface area (Å²) in [5.74, 6) is 0. The zero-order valence-corrected chi connectivity index (χ0v) is 9.08. The molecule has 0 unspecified atom stereocenters. The molecule has 0 aromatic heterocycles. The standard InChI is InChI=1S/C11H10ClF3/c1-3-7(2)8-5-4-6-9(12)10(8)11(13,14)15/h3-6H,1-2H3/b7-3+. The summed E-state index contributed by atoms with van der Waals surface area (Å²) >= 11 is 5.57. The topological polar surface area (TPSA) is 0 Å². The molecule has 1 aromatic rings. The normalized spacial score (nSPS) is 13.1. The van der Waals surface area contributed by atoms with Gasteiger partial charge in [0, 0.05) is 0 Å². The van der Waals surface area contributed by atoms with Gasteiger partial charge in [0.2, 0.25) is 0 Å². The minimum Gasteiger partial charge on any atom is -0.166 e. The van der Waals surface area contributed by atoms with E-state index in [2.05, 4.69) is 0 Å². The molecule has 0 nitrogen and oxygen atoms in total. The number of allylic oxidation sites excluding steroid dienone is 2. The lowest BCUT2D eigenvalue weighted by Crippen LogP contribution is -2.09. The molecular weight excluding hydrogens is 225 g/mol. The monoisotopic (exact) mass is 234 g/mol. The third-order valence-electron chi connectivity index (χ3n) is 2.15. The van der Waals surface area contributed by atoms with Gasteiger partial charge in [-0.05, 0) is 31.1 Å². The molecule has 0 heterocycles. The minimum absolute atomic E-state index is 0.137. The van der Waals surface area contributed by atoms with E-state index in [-0.39, 0.29) is 10.6 Å². The number of hydrogen-bond acceptors (Lipinski definition) is 0. The summed E-state index contributed by atoms with van der Waals surface area (Å²) < 4.78 is 38.1. The lowest BCUT2D eigenvalue weighted by Gasteiger charge is -2.14. The van der Waals surface area contributed by atoms with E-state index in [4.69, 9.17) is 11.6 Å². The van der Waals surface area contributed by atoms with Crippen LogP contribution < -0.4 is 0 Å². The molecule has 0 radical (unpaired) electrons. The van der Waals surface area contributed by atoms with Crippen molar-refractivity contribution in [1.29, 1.82) is 0 Å². The highest BCUT2D eigenvalue weighted by molar-refractivity contribution is 6.31. The molecule has 1 aromatic carbocycles. The fraction of sp³-hybridized carbons (Fsp3) is 0.273. The van der Waals surface area contributed by atoms with Crippen LogP contribution in [0.4, 0.5) is 13.2 Å². The van der Waals surface area contributed by atoms with Crippen LogP contribution in [0.25, 0.3) is 5.57 Å². The Labute approximate surface area is 91.4 Å². The van der Waals surface area contributed by atoms with Crippen LogP contribution in [0.15, 0.2) is 24.3 Å². The van der Waals surface area contributed by atoms with E-state index < -0.39 is 11.7 Å². The van der Waals surface area contributed by atoms with Gasteiger partial charge < -0.3 is 0 Å². The van der Waals surface area contributed by atoms with Gasteiger partial charge in [-0.3, -0.25) is 0 Å². The lowest BCUT2D eigenvalue weighted by atomic mass is 10.0. The average molecular weight is 235 g/mol. The smallest absolute Gasteiger partial charge is 0.166 e. The van der Waals surface area contributed by atoms with Gasteiger partial charge in [0.05, 0.1) is 10.6 Å². The van der Waals surface area contributed by atoms with E-state index in [1.807, 2.05) is 0 Å². The molecule has 0 aliphatic heterocycles. The zero-order valence-electron chi connectivity index (χ0n) is 8.32. The third kappa shape index (κ3) is 2.53. The Bertz CT molecular complexity index is 391. The molecule has 4 heteroatoms. The molecule has 0 saturated carbocycles. The largest absolute Gasteiger partial charge is 0.418 e. The van der Waals surface area contributed by atoms with Crippen molar-refractivity contribution in [3.63, 3.8) is 0 Å². The van der Waals surface area contributed by atoms with Gasteiger partial charge in [-0.2, -0.15) is 13.2 Å². The molecule has 15 heavy (non-hydrogen) atoms. The van der Waals surface area contributed by atoms with Crippen molar-refractivity contribution in [3.05, 3.63) is 40.4 Å². The predicted octanol–water partition coefficient (Wildman–Crippen LogP) is 4.78. The summed E-state index contributed by atoms with van der Waals surface area (Å²) in [5.41, 5.74) is -0.0652. The van der Waals surface area contributed by atoms with Gasteiger partial charge >= 0.3 is 6.18 Å². The summed E-state index contributed by atoms with van der Waals surface area (Å²) in [4.78, 5) is 0. The van der Waals surface area contributed by atoms with E-state index in [9.17, 15) is 13.2 Å². The molecule has 0 spiro atoms. The molecule has 0 aliphatic carbocycles. The molecule has 0 atom stereocenters. The average Bonchev–Trinajstić information content (AvgIpc) is 2.14. The minimum atomic E-state index is -4.42. The van der Waals surface area contributed by atoms with Crippen molar-refractivity contribution in [2.45, 2.75) is 20.0 Å². The first-order chi connectivity index (χ1) is 6.88. The second-order valence-electron chi connectivity index (χ2n) is 3.13. The van der Waals surface area contributed by atoms with Crippen LogP contribution in [0, 0.1) is 0 Å². The van der Waals surface area contributed by atoms with Gasteiger partial charge in [-0.15, -0.1) is 0 Å². The first-order valence-electron chi connectivity index (χ1n) is 4.37. The fourth-order valence-corrected chi connectivity index (χ4v) is 1.58. The summed E-state index contributed by atoms with van der Waals surface area (Å²) in [6, 6.07) is 4.18. The maximum absolute atomic E-state index is 12.7. The van der Waals surface area contributed by atoms with Crippen LogP contribution in [-0.4, -0.2) is 0 Å². The van der Waals surface area contributed by atoms with Gasteiger partial charge in [0.1, 0.15) is 0 Å². The molecule has 1 rings (SSSR count). The Hall–Kier alpha value is -0.960. The first kappa shape index (κ1) is 12.1. The van der Waals surface area contributed by atoms with Crippen molar-refractivity contribution in [2.24, 2.45) is 0 Å². The van der Waals surface area contributed by atoms with E-state index in [1.165, 1.54) is 18.2 Å². The molecule has 0 amide bonds. The van der Waals surface area contributed by atoms with Crippen LogP contribution in [0.5, 0.6) is 0 Å². The van der Waals surface area contributed by atoms with Crippen molar-refractivity contribution in [1.82, 2.24) is 0 Å². The predicted molar refractivity (Wildman–Crippen MR) is 55.8 cm³/mol. The van der Waals surface area contributed by atoms with E-state index in [0.717, 1.165) is 0 Å². The summed E-state index contributed by atoms with van der Waals surface area (Å²) in [6.45, 7) is 3.32. The van der Waals surface area contributed by atoms with Crippen LogP contribution in [0.1, 0.15) is 25.0 Å². The third-order valence-corrected chi connectivity index (χ3v) is 2.47. The van der Waals surface area contributed by atoms with Crippen molar-refractivity contribution in [3.8, 4) is 0 Å². The summed E-state index contributed by atoms with van der Waals surface area (Å²) in [7, 11) is 0. The second-order valence-corrected chi connectivity index (χ2v) is 3.54. The highest BCUT2D eigenvalue weighted by Gasteiger charge is 2.35. The van der Waals surface area contributed by atoms with Crippen molar-refractivity contribution < 1.29 is 13.2 Å². The van der Waals surface area contributed by atoms with Gasteiger partial charge in [0.15, 0.2) is 0 Å². The zero-order chi connectivity index (χ0) is 11.6. The van der Waals surface area contributed by atoms with E-state index >= 15 is 0 Å². The van der Waals surface area contributed by atoms with Crippen LogP contribution in [0.3, 0.4) is 0 Å². The molecule has 0 N–H and O–H groups in total. The van der Waals surface area contributed by atoms with Crippen LogP contribution in [-0.2, 0) is 6.18 Å². The van der Waals surface area contributed by atoms with Gasteiger partial charge in [-0.25, -0.2) is 0 Å². The van der Waals surface area contributed by atoms with Crippen molar-refractivity contribution in [2.75, 3.05) is 0 Å². The molecule has 0 saturated heterocycles. The SMILES string of the molecule is C/C=C(\C)c1cccc(Cl)c1C(F)(F)F. The van der Waals surface area contributed by atoms with Gasteiger partial charge in [-0.1, -0.05) is 29.8 Å². The number of halogens is 4. The number of benzene rings is 1. The highest BCUT2D eigenvalue weighted by atomic mass is 35.5. The number of rotatable bonds is 1. The van der Waals surface area contributed by atoms with E-state index in [1.54, 1.807) is 19.9 Å². The second kappa shape index (κ2) is 4.27. The fourth-order valence-electron chi connectivity index (χ4n) is 1.30. The number of hydrogen-bond donors (Lipinski definition) is 0. The molecular formula is C11H10ClF3. The van der Waals surface area contributed by atoms with Crippen LogP contribution in [0.2, 0.25) is 5.02 Å². The summed E-state index contributed by atoms with van der Waals surface area (Å²) in [6.07, 6.45) is -2.79. The summed E-state index contributed by atoms with van der Waals surface area (Å²) in [5, 5.41) is -0.263. The first-order valence-corrected chi connectivity index (χ1v) is 4.74. The lowest BCUT2D eigenvalue weighted by molar-refractivity contribution is -0.137. The molecule has 82 valence electrons. The Morgan fingerprint density at radius 2 is 1.93 bits per heavy atom. The molecule has 0 bridgehead atoms. The highest BCUT2D eigenvalue weighted by Crippen LogP contribution is 2.39. The Morgan fingerprint density at radius 1 is 1.33 bits per heavy atom. The maximum atomic E-state index is 12.7. The number of alkyl halides is 3. The quantitative estimate of drug-likeness (QED) is 0.656. The molecule has 0 fully saturated rings. The van der Waals surface area contributed by atoms with E-state index in [0.29, 0.717) is 5.57 Å². The Kier molecular flexibility index (Phi) is 3.45. The Balaban J connectivity index is 3.47. The maximum Gasteiger partial charge on any atom is 0.418 e. The van der Waals surface area contributed by atoms with Crippen molar-refractivity contribution >= 4 is 17.2 Å². The van der Waals surface area contributed by atoms with Gasteiger partial charge in [0.25, 0.3) is 0 Å². The Morgan fingerprint density at radius 3 is 2.40 bits per heavy atom. The van der Waals surface area contributed by atoms with Crippen LogP contribution >= 0.6 is 11.6 Å². The molecule has 0 aliphatic rings.